The van der Waals surface area contributed by atoms with Crippen LogP contribution in [-0.2, 0) is 15.4 Å². The first-order valence-electron chi connectivity index (χ1n) is 3.61. The van der Waals surface area contributed by atoms with Gasteiger partial charge in [-0.25, -0.2) is 13.6 Å². The molecule has 1 aromatic carbocycles. The van der Waals surface area contributed by atoms with E-state index in [1.54, 1.807) is 12.1 Å². The van der Waals surface area contributed by atoms with Crippen molar-refractivity contribution in [1.82, 2.24) is 0 Å². The number of hydrogen-bond donors (Lipinski definition) is 1. The van der Waals surface area contributed by atoms with Crippen molar-refractivity contribution in [3.8, 4) is 6.07 Å². The van der Waals surface area contributed by atoms with Gasteiger partial charge in [-0.05, 0) is 11.6 Å². The van der Waals surface area contributed by atoms with Gasteiger partial charge in [-0.2, -0.15) is 5.26 Å². The van der Waals surface area contributed by atoms with E-state index in [1.807, 2.05) is 6.07 Å². The van der Waals surface area contributed by atoms with Crippen LogP contribution in [0.2, 0.25) is 0 Å². The Bertz CT molecular complexity index is 491. The summed E-state index contributed by atoms with van der Waals surface area (Å²) in [5.74, 6) is 0. The zero-order chi connectivity index (χ0) is 10.8. The summed E-state index contributed by atoms with van der Waals surface area (Å²) in [6.45, 7) is 0. The van der Waals surface area contributed by atoms with Crippen molar-refractivity contribution in [2.75, 3.05) is 0 Å². The molecule has 4 nitrogen and oxygen atoms in total. The smallest absolute Gasteiger partial charge is 0.225 e. The fraction of sp³-hybridized carbons (Fsp3) is 0.125. The van der Waals surface area contributed by atoms with Crippen LogP contribution in [-0.4, -0.2) is 8.42 Å². The maximum absolute atomic E-state index is 11.1. The second-order valence-electron chi connectivity index (χ2n) is 2.58. The van der Waals surface area contributed by atoms with Gasteiger partial charge in [0.2, 0.25) is 10.0 Å². The first-order valence-corrected chi connectivity index (χ1v) is 6.28. The second-order valence-corrected chi connectivity index (χ2v) is 4.67. The fourth-order valence-electron chi connectivity index (χ4n) is 1.05. The molecule has 0 saturated carbocycles. The number of nitrogens with zero attached hydrogens (tertiary/aromatic N) is 1. The van der Waals surface area contributed by atoms with Crippen molar-refractivity contribution >= 4 is 26.0 Å². The van der Waals surface area contributed by atoms with Crippen molar-refractivity contribution in [3.63, 3.8) is 0 Å². The highest BCUT2D eigenvalue weighted by Gasteiger charge is 2.15. The maximum atomic E-state index is 11.1. The Morgan fingerprint density at radius 2 is 2.14 bits per heavy atom. The van der Waals surface area contributed by atoms with Crippen LogP contribution in [0.3, 0.4) is 0 Å². The lowest BCUT2D eigenvalue weighted by Crippen LogP contribution is -2.14. The molecular formula is C8H7BrN2O2S. The van der Waals surface area contributed by atoms with E-state index in [-0.39, 0.29) is 10.5 Å². The van der Waals surface area contributed by atoms with Crippen molar-refractivity contribution in [2.45, 2.75) is 10.2 Å². The maximum Gasteiger partial charge on any atom is 0.239 e. The standard InChI is InChI=1S/C8H7BrN2O2S/c9-4-6-2-1-3-8(7(6)5-10)14(11,12)13/h1-3H,4H2,(H2,11,12,13). The van der Waals surface area contributed by atoms with Crippen LogP contribution in [0.5, 0.6) is 0 Å². The van der Waals surface area contributed by atoms with Crippen LogP contribution in [0, 0.1) is 11.3 Å². The summed E-state index contributed by atoms with van der Waals surface area (Å²) in [6, 6.07) is 6.37. The topological polar surface area (TPSA) is 83.9 Å². The lowest BCUT2D eigenvalue weighted by atomic mass is 10.1. The average Bonchev–Trinajstić information content (AvgIpc) is 2.15. The minimum atomic E-state index is -3.82. The molecule has 1 aromatic rings. The van der Waals surface area contributed by atoms with E-state index in [4.69, 9.17) is 10.4 Å². The summed E-state index contributed by atoms with van der Waals surface area (Å²) < 4.78 is 22.2. The normalized spacial score (nSPS) is 10.9. The van der Waals surface area contributed by atoms with Gasteiger partial charge in [0, 0.05) is 5.33 Å². The molecule has 0 spiro atoms. The molecule has 0 atom stereocenters. The number of halogens is 1. The molecule has 0 unspecified atom stereocenters. The molecule has 0 saturated heterocycles. The molecule has 0 aliphatic heterocycles. The van der Waals surface area contributed by atoms with Crippen molar-refractivity contribution in [2.24, 2.45) is 5.14 Å². The third-order valence-corrected chi connectivity index (χ3v) is 3.23. The number of alkyl halides is 1. The molecule has 0 radical (unpaired) electrons. The van der Waals surface area contributed by atoms with Crippen LogP contribution in [0.15, 0.2) is 23.1 Å². The molecule has 2 N–H and O–H groups in total. The van der Waals surface area contributed by atoms with Crippen molar-refractivity contribution in [1.29, 1.82) is 5.26 Å². The van der Waals surface area contributed by atoms with Gasteiger partial charge >= 0.3 is 0 Å². The molecular weight excluding hydrogens is 268 g/mol. The molecule has 6 heteroatoms. The quantitative estimate of drug-likeness (QED) is 0.820. The average molecular weight is 275 g/mol. The number of primary sulfonamides is 1. The summed E-state index contributed by atoms with van der Waals surface area (Å²) in [7, 11) is -3.82. The molecule has 0 heterocycles. The summed E-state index contributed by atoms with van der Waals surface area (Å²) in [5.41, 5.74) is 0.714. The largest absolute Gasteiger partial charge is 0.239 e. The first-order chi connectivity index (χ1) is 6.50. The molecule has 0 bridgehead atoms. The third-order valence-electron chi connectivity index (χ3n) is 1.67. The summed E-state index contributed by atoms with van der Waals surface area (Å²) >= 11 is 3.16. The Balaban J connectivity index is 3.55. The van der Waals surface area contributed by atoms with Gasteiger partial charge in [0.25, 0.3) is 0 Å². The van der Waals surface area contributed by atoms with E-state index in [2.05, 4.69) is 15.9 Å². The first kappa shape index (κ1) is 11.2. The van der Waals surface area contributed by atoms with E-state index in [1.165, 1.54) is 6.07 Å². The van der Waals surface area contributed by atoms with Gasteiger partial charge in [0.15, 0.2) is 0 Å². The van der Waals surface area contributed by atoms with Gasteiger partial charge in [-0.15, -0.1) is 0 Å². The van der Waals surface area contributed by atoms with E-state index >= 15 is 0 Å². The van der Waals surface area contributed by atoms with Gasteiger partial charge in [-0.1, -0.05) is 28.1 Å². The predicted molar refractivity (Wildman–Crippen MR) is 55.2 cm³/mol. The number of nitrogens with two attached hydrogens (primary N) is 1. The molecule has 0 aliphatic carbocycles. The van der Waals surface area contributed by atoms with Crippen LogP contribution in [0.4, 0.5) is 0 Å². The Labute approximate surface area is 90.5 Å². The van der Waals surface area contributed by atoms with E-state index < -0.39 is 10.0 Å². The number of hydrogen-bond acceptors (Lipinski definition) is 3. The Morgan fingerprint density at radius 3 is 2.57 bits per heavy atom. The lowest BCUT2D eigenvalue weighted by molar-refractivity contribution is 0.597. The van der Waals surface area contributed by atoms with Crippen LogP contribution < -0.4 is 5.14 Å². The molecule has 74 valence electrons. The number of nitriles is 1. The van der Waals surface area contributed by atoms with Gasteiger partial charge in [-0.3, -0.25) is 0 Å². The highest BCUT2D eigenvalue weighted by molar-refractivity contribution is 9.08. The monoisotopic (exact) mass is 274 g/mol. The van der Waals surface area contributed by atoms with Crippen molar-refractivity contribution < 1.29 is 8.42 Å². The SMILES string of the molecule is N#Cc1c(CBr)cccc1S(N)(=O)=O. The van der Waals surface area contributed by atoms with E-state index in [0.29, 0.717) is 10.9 Å². The number of sulfonamides is 1. The minimum absolute atomic E-state index is 0.104. The molecule has 0 aromatic heterocycles. The molecule has 0 fully saturated rings. The third kappa shape index (κ3) is 2.12. The molecule has 0 amide bonds. The zero-order valence-corrected chi connectivity index (χ0v) is 9.47. The van der Waals surface area contributed by atoms with Gasteiger partial charge in [0.1, 0.15) is 6.07 Å². The summed E-state index contributed by atoms with van der Waals surface area (Å²) in [4.78, 5) is -0.128. The molecule has 1 rings (SSSR count). The minimum Gasteiger partial charge on any atom is -0.225 e. The van der Waals surface area contributed by atoms with Gasteiger partial charge < -0.3 is 0 Å². The zero-order valence-electron chi connectivity index (χ0n) is 7.07. The molecule has 0 aliphatic rings. The second kappa shape index (κ2) is 4.09. The van der Waals surface area contributed by atoms with Crippen LogP contribution in [0.25, 0.3) is 0 Å². The Kier molecular flexibility index (Phi) is 3.26. The Morgan fingerprint density at radius 1 is 1.50 bits per heavy atom. The van der Waals surface area contributed by atoms with Crippen molar-refractivity contribution in [3.05, 3.63) is 29.3 Å². The summed E-state index contributed by atoms with van der Waals surface area (Å²) in [6.07, 6.45) is 0. The number of benzene rings is 1. The van der Waals surface area contributed by atoms with E-state index in [0.717, 1.165) is 0 Å². The summed E-state index contributed by atoms with van der Waals surface area (Å²) in [5, 5.41) is 14.2. The van der Waals surface area contributed by atoms with Crippen LogP contribution in [0.1, 0.15) is 11.1 Å². The van der Waals surface area contributed by atoms with E-state index in [9.17, 15) is 8.42 Å². The van der Waals surface area contributed by atoms with Gasteiger partial charge in [0.05, 0.1) is 10.5 Å². The predicted octanol–water partition coefficient (Wildman–Crippen LogP) is 1.10. The number of rotatable bonds is 2. The lowest BCUT2D eigenvalue weighted by Gasteiger charge is -2.04. The highest BCUT2D eigenvalue weighted by atomic mass is 79.9. The highest BCUT2D eigenvalue weighted by Crippen LogP contribution is 2.19. The fourth-order valence-corrected chi connectivity index (χ4v) is 2.25. The Hall–Kier alpha value is -0.900. The van der Waals surface area contributed by atoms with Crippen LogP contribution >= 0.6 is 15.9 Å². The molecule has 14 heavy (non-hydrogen) atoms.